The first-order valence-corrected chi connectivity index (χ1v) is 4.72. The quantitative estimate of drug-likeness (QED) is 0.640. The summed E-state index contributed by atoms with van der Waals surface area (Å²) in [6.07, 6.45) is 0.938. The molecule has 1 atom stereocenters. The van der Waals surface area contributed by atoms with Crippen molar-refractivity contribution in [3.63, 3.8) is 0 Å². The normalized spacial score (nSPS) is 21.0. The summed E-state index contributed by atoms with van der Waals surface area (Å²) in [5.74, 6) is 0.884. The number of benzene rings is 1. The van der Waals surface area contributed by atoms with Gasteiger partial charge in [0.05, 0.1) is 10.7 Å². The molecule has 0 bridgehead atoms. The third-order valence-corrected chi connectivity index (χ3v) is 2.23. The summed E-state index contributed by atoms with van der Waals surface area (Å²) in [6, 6.07) is 7.85. The molecule has 2 rings (SSSR count). The lowest BCUT2D eigenvalue weighted by Gasteiger charge is -2.10. The average Bonchev–Trinajstić information content (AvgIpc) is 2.20. The summed E-state index contributed by atoms with van der Waals surface area (Å²) >= 11 is 5.15. The summed E-state index contributed by atoms with van der Waals surface area (Å²) in [5.41, 5.74) is 0.969. The molecule has 0 amide bonds. The predicted octanol–water partition coefficient (Wildman–Crippen LogP) is 2.60. The number of hydrogen-bond acceptors (Lipinski definition) is 2. The summed E-state index contributed by atoms with van der Waals surface area (Å²) in [7, 11) is 0. The van der Waals surface area contributed by atoms with E-state index < -0.39 is 0 Å². The molecule has 1 aromatic carbocycles. The van der Waals surface area contributed by atoms with E-state index in [2.05, 4.69) is 5.32 Å². The molecule has 0 saturated carbocycles. The molecule has 0 fully saturated rings. The molecule has 1 aliphatic heterocycles. The molecule has 0 unspecified atom stereocenters. The molecule has 13 heavy (non-hydrogen) atoms. The molecule has 0 spiro atoms. The van der Waals surface area contributed by atoms with Gasteiger partial charge in [-0.25, -0.2) is 0 Å². The molecule has 1 heterocycles. The molecule has 3 heteroatoms. The van der Waals surface area contributed by atoms with Crippen molar-refractivity contribution in [2.45, 2.75) is 19.4 Å². The van der Waals surface area contributed by atoms with Gasteiger partial charge in [0.2, 0.25) is 0 Å². The molecule has 0 aromatic heterocycles. The maximum Gasteiger partial charge on any atom is 0.143 e. The van der Waals surface area contributed by atoms with Crippen LogP contribution in [-0.4, -0.2) is 11.1 Å². The number of para-hydroxylation sites is 2. The van der Waals surface area contributed by atoms with Crippen LogP contribution in [0.4, 0.5) is 5.69 Å². The molecule has 2 nitrogen and oxygen atoms in total. The number of fused-ring (bicyclic) bond motifs is 1. The van der Waals surface area contributed by atoms with Crippen molar-refractivity contribution in [2.24, 2.45) is 0 Å². The lowest BCUT2D eigenvalue weighted by Crippen LogP contribution is -2.15. The van der Waals surface area contributed by atoms with Crippen LogP contribution in [0.1, 0.15) is 13.3 Å². The van der Waals surface area contributed by atoms with Crippen LogP contribution in [-0.2, 0) is 0 Å². The van der Waals surface area contributed by atoms with Crippen molar-refractivity contribution in [1.82, 2.24) is 0 Å². The Morgan fingerprint density at radius 1 is 1.46 bits per heavy atom. The van der Waals surface area contributed by atoms with E-state index in [-0.39, 0.29) is 6.10 Å². The first kappa shape index (κ1) is 8.51. The highest BCUT2D eigenvalue weighted by molar-refractivity contribution is 7.80. The summed E-state index contributed by atoms with van der Waals surface area (Å²) in [4.78, 5) is 0.845. The minimum absolute atomic E-state index is 0.156. The summed E-state index contributed by atoms with van der Waals surface area (Å²) < 4.78 is 5.68. The summed E-state index contributed by atoms with van der Waals surface area (Å²) in [5, 5.41) is 3.16. The Bertz CT molecular complexity index is 337. The molecular weight excluding hydrogens is 182 g/mol. The first-order chi connectivity index (χ1) is 6.25. The number of anilines is 1. The van der Waals surface area contributed by atoms with E-state index in [0.717, 1.165) is 22.8 Å². The molecule has 1 N–H and O–H groups in total. The van der Waals surface area contributed by atoms with Crippen LogP contribution < -0.4 is 10.1 Å². The summed E-state index contributed by atoms with van der Waals surface area (Å²) in [6.45, 7) is 2.02. The molecule has 1 aliphatic rings. The van der Waals surface area contributed by atoms with Crippen molar-refractivity contribution in [3.8, 4) is 5.75 Å². The van der Waals surface area contributed by atoms with Gasteiger partial charge in [0.1, 0.15) is 11.9 Å². The Hall–Kier alpha value is -1.09. The van der Waals surface area contributed by atoms with E-state index in [1.54, 1.807) is 0 Å². The smallest absolute Gasteiger partial charge is 0.143 e. The van der Waals surface area contributed by atoms with Gasteiger partial charge in [-0.2, -0.15) is 0 Å². The average molecular weight is 193 g/mol. The minimum Gasteiger partial charge on any atom is -0.488 e. The third-order valence-electron chi connectivity index (χ3n) is 1.96. The fourth-order valence-corrected chi connectivity index (χ4v) is 1.74. The predicted molar refractivity (Wildman–Crippen MR) is 57.4 cm³/mol. The van der Waals surface area contributed by atoms with Gasteiger partial charge >= 0.3 is 0 Å². The van der Waals surface area contributed by atoms with Crippen molar-refractivity contribution in [2.75, 3.05) is 5.32 Å². The molecule has 68 valence electrons. The van der Waals surface area contributed by atoms with Crippen LogP contribution in [0.5, 0.6) is 5.75 Å². The van der Waals surface area contributed by atoms with Crippen molar-refractivity contribution >= 4 is 22.9 Å². The maximum atomic E-state index is 5.68. The van der Waals surface area contributed by atoms with Gasteiger partial charge in [-0.15, -0.1) is 0 Å². The standard InChI is InChI=1S/C10H11NOS/c1-7-6-10(13)11-8-4-2-3-5-9(8)12-7/h2-5,7H,6H2,1H3,(H,11,13)/t7-/m0/s1. The number of thiocarbonyl (C=S) groups is 1. The van der Waals surface area contributed by atoms with Gasteiger partial charge in [0.25, 0.3) is 0 Å². The number of nitrogens with one attached hydrogen (secondary N) is 1. The Balaban J connectivity index is 2.38. The van der Waals surface area contributed by atoms with E-state index in [0.29, 0.717) is 0 Å². The van der Waals surface area contributed by atoms with Crippen LogP contribution >= 0.6 is 12.2 Å². The van der Waals surface area contributed by atoms with Crippen molar-refractivity contribution in [1.29, 1.82) is 0 Å². The van der Waals surface area contributed by atoms with Crippen LogP contribution in [0.3, 0.4) is 0 Å². The fraction of sp³-hybridized carbons (Fsp3) is 0.300. The van der Waals surface area contributed by atoms with Gasteiger partial charge in [-0.3, -0.25) is 0 Å². The van der Waals surface area contributed by atoms with Gasteiger partial charge < -0.3 is 10.1 Å². The highest BCUT2D eigenvalue weighted by atomic mass is 32.1. The van der Waals surface area contributed by atoms with E-state index >= 15 is 0 Å². The Morgan fingerprint density at radius 3 is 3.08 bits per heavy atom. The zero-order chi connectivity index (χ0) is 9.26. The van der Waals surface area contributed by atoms with Gasteiger partial charge in [0, 0.05) is 6.42 Å². The van der Waals surface area contributed by atoms with Crippen molar-refractivity contribution < 1.29 is 4.74 Å². The molecule has 1 aromatic rings. The van der Waals surface area contributed by atoms with Crippen LogP contribution in [0.15, 0.2) is 24.3 Å². The second kappa shape index (κ2) is 3.34. The Labute approximate surface area is 82.9 Å². The third kappa shape index (κ3) is 1.80. The molecule has 0 radical (unpaired) electrons. The maximum absolute atomic E-state index is 5.68. The highest BCUT2D eigenvalue weighted by Crippen LogP contribution is 2.28. The van der Waals surface area contributed by atoms with Crippen LogP contribution in [0, 0.1) is 0 Å². The Kier molecular flexibility index (Phi) is 2.19. The number of rotatable bonds is 0. The zero-order valence-corrected chi connectivity index (χ0v) is 8.23. The Morgan fingerprint density at radius 2 is 2.23 bits per heavy atom. The lowest BCUT2D eigenvalue weighted by atomic mass is 10.3. The van der Waals surface area contributed by atoms with Gasteiger partial charge in [-0.05, 0) is 19.1 Å². The number of hydrogen-bond donors (Lipinski definition) is 1. The van der Waals surface area contributed by atoms with E-state index in [9.17, 15) is 0 Å². The van der Waals surface area contributed by atoms with Gasteiger partial charge in [0.15, 0.2) is 0 Å². The SMILES string of the molecule is C[C@H]1CC(=S)Nc2ccccc2O1. The first-order valence-electron chi connectivity index (χ1n) is 4.31. The minimum atomic E-state index is 0.156. The largest absolute Gasteiger partial charge is 0.488 e. The lowest BCUT2D eigenvalue weighted by molar-refractivity contribution is 0.234. The molecule has 0 aliphatic carbocycles. The second-order valence-electron chi connectivity index (χ2n) is 3.18. The fourth-order valence-electron chi connectivity index (χ4n) is 1.39. The monoisotopic (exact) mass is 193 g/mol. The molecule has 0 saturated heterocycles. The molecular formula is C10H11NOS. The number of ether oxygens (including phenoxy) is 1. The van der Waals surface area contributed by atoms with Gasteiger partial charge in [-0.1, -0.05) is 24.4 Å². The van der Waals surface area contributed by atoms with Crippen LogP contribution in [0.25, 0.3) is 0 Å². The second-order valence-corrected chi connectivity index (χ2v) is 3.67. The highest BCUT2D eigenvalue weighted by Gasteiger charge is 2.15. The van der Waals surface area contributed by atoms with E-state index in [1.165, 1.54) is 0 Å². The van der Waals surface area contributed by atoms with E-state index in [4.69, 9.17) is 17.0 Å². The topological polar surface area (TPSA) is 21.3 Å². The van der Waals surface area contributed by atoms with E-state index in [1.807, 2.05) is 31.2 Å². The van der Waals surface area contributed by atoms with Crippen molar-refractivity contribution in [3.05, 3.63) is 24.3 Å². The zero-order valence-electron chi connectivity index (χ0n) is 7.41. The van der Waals surface area contributed by atoms with Crippen LogP contribution in [0.2, 0.25) is 0 Å².